The van der Waals surface area contributed by atoms with Crippen LogP contribution < -0.4 is 4.90 Å². The van der Waals surface area contributed by atoms with Crippen LogP contribution in [0.25, 0.3) is 0 Å². The molecule has 4 atom stereocenters. The van der Waals surface area contributed by atoms with Crippen molar-refractivity contribution in [3.63, 3.8) is 0 Å². The first-order chi connectivity index (χ1) is 14.3. The average Bonchev–Trinajstić information content (AvgIpc) is 3.20. The Labute approximate surface area is 175 Å². The average molecular weight is 433 g/mol. The molecule has 0 aromatic heterocycles. The van der Waals surface area contributed by atoms with E-state index in [1.165, 1.54) is 17.0 Å². The predicted molar refractivity (Wildman–Crippen MR) is 100 cm³/mol. The molecule has 1 aromatic carbocycles. The van der Waals surface area contributed by atoms with E-state index in [4.69, 9.17) is 10.00 Å². The molecule has 0 radical (unpaired) electrons. The van der Waals surface area contributed by atoms with Crippen molar-refractivity contribution >= 4 is 23.4 Å². The zero-order valence-corrected chi connectivity index (χ0v) is 17.1. The summed E-state index contributed by atoms with van der Waals surface area (Å²) in [6.45, 7) is 3.13. The minimum atomic E-state index is -4.84. The maximum Gasteiger partial charge on any atom is 0.417 e. The third-order valence-corrected chi connectivity index (χ3v) is 6.24. The zero-order chi connectivity index (χ0) is 23.1. The Morgan fingerprint density at radius 2 is 1.81 bits per heavy atom. The molecule has 162 valence electrons. The second-order valence-electron chi connectivity index (χ2n) is 8.46. The molecule has 7 nitrogen and oxygen atoms in total. The second kappa shape index (κ2) is 6.17. The van der Waals surface area contributed by atoms with Crippen molar-refractivity contribution in [1.29, 1.82) is 5.26 Å². The highest BCUT2D eigenvalue weighted by Crippen LogP contribution is 2.60. The van der Waals surface area contributed by atoms with Gasteiger partial charge in [-0.3, -0.25) is 14.4 Å². The Balaban J connectivity index is 1.80. The van der Waals surface area contributed by atoms with E-state index in [0.29, 0.717) is 11.0 Å². The van der Waals surface area contributed by atoms with Crippen molar-refractivity contribution < 1.29 is 32.3 Å². The summed E-state index contributed by atoms with van der Waals surface area (Å²) in [7, 11) is 3.09. The van der Waals surface area contributed by atoms with Gasteiger partial charge in [0.05, 0.1) is 40.3 Å². The van der Waals surface area contributed by atoms with E-state index in [-0.39, 0.29) is 17.2 Å². The van der Waals surface area contributed by atoms with Crippen LogP contribution in [0.1, 0.15) is 25.0 Å². The third-order valence-electron chi connectivity index (χ3n) is 6.24. The summed E-state index contributed by atoms with van der Waals surface area (Å²) in [5.74, 6) is -3.85. The van der Waals surface area contributed by atoms with Crippen molar-refractivity contribution in [2.75, 3.05) is 19.0 Å². The van der Waals surface area contributed by atoms with Crippen LogP contribution in [-0.2, 0) is 25.3 Å². The van der Waals surface area contributed by atoms with E-state index in [1.54, 1.807) is 27.9 Å². The summed E-state index contributed by atoms with van der Waals surface area (Å²) in [5.41, 5.74) is -4.52. The fourth-order valence-electron chi connectivity index (χ4n) is 4.93. The largest absolute Gasteiger partial charge is 0.417 e. The first-order valence-corrected chi connectivity index (χ1v) is 9.40. The van der Waals surface area contributed by atoms with Gasteiger partial charge in [-0.15, -0.1) is 0 Å². The summed E-state index contributed by atoms with van der Waals surface area (Å²) in [6, 6.07) is 4.16. The van der Waals surface area contributed by atoms with Crippen LogP contribution in [0.4, 0.5) is 18.9 Å². The van der Waals surface area contributed by atoms with Gasteiger partial charge in [-0.25, -0.2) is 4.90 Å². The molecule has 2 saturated heterocycles. The number of benzene rings is 1. The molecule has 1 aromatic rings. The van der Waals surface area contributed by atoms with Gasteiger partial charge in [-0.1, -0.05) is 0 Å². The molecule has 4 rings (SSSR count). The van der Waals surface area contributed by atoms with E-state index in [2.05, 4.69) is 0 Å². The number of halogens is 3. The van der Waals surface area contributed by atoms with Crippen molar-refractivity contribution in [2.24, 2.45) is 11.8 Å². The second-order valence-corrected chi connectivity index (χ2v) is 8.46. The number of nitrogens with zero attached hydrogens (tertiary/aromatic N) is 3. The molecular formula is C21H18F3N3O4. The SMILES string of the molecule is CN(C)C(=O)C1=CC2(C)OC1(C)[C@@H]1C(=O)N(c3ccc(C#N)c(C(F)(F)F)c3)C(=O)[C@@H]12. The van der Waals surface area contributed by atoms with Crippen LogP contribution in [0.2, 0.25) is 0 Å². The number of rotatable bonds is 2. The summed E-state index contributed by atoms with van der Waals surface area (Å²) in [5, 5.41) is 8.99. The molecule has 0 saturated carbocycles. The Kier molecular flexibility index (Phi) is 4.19. The molecule has 3 aliphatic heterocycles. The van der Waals surface area contributed by atoms with Crippen molar-refractivity contribution in [3.05, 3.63) is 41.0 Å². The lowest BCUT2D eigenvalue weighted by molar-refractivity contribution is -0.138. The van der Waals surface area contributed by atoms with E-state index in [1.807, 2.05) is 0 Å². The monoisotopic (exact) mass is 433 g/mol. The molecule has 2 bridgehead atoms. The van der Waals surface area contributed by atoms with Crippen LogP contribution in [0.15, 0.2) is 29.8 Å². The van der Waals surface area contributed by atoms with Crippen LogP contribution in [0.5, 0.6) is 0 Å². The number of likely N-dealkylation sites (N-methyl/N-ethyl adjacent to an activating group) is 1. The van der Waals surface area contributed by atoms with E-state index in [0.717, 1.165) is 12.1 Å². The van der Waals surface area contributed by atoms with Gasteiger partial charge in [0.2, 0.25) is 11.8 Å². The standard InChI is InChI=1S/C21H18F3N3O4/c1-19-8-13(16(28)26(3)4)20(2,31-19)15-14(19)17(29)27(18(15)30)11-6-5-10(9-25)12(7-11)21(22,23)24/h5-8,14-15H,1-4H3/t14-,15+,19?,20?/m1/s1. The first-order valence-electron chi connectivity index (χ1n) is 9.40. The van der Waals surface area contributed by atoms with Crippen molar-refractivity contribution in [3.8, 4) is 6.07 Å². The molecule has 2 fully saturated rings. The van der Waals surface area contributed by atoms with Gasteiger partial charge < -0.3 is 9.64 Å². The maximum absolute atomic E-state index is 13.4. The fourth-order valence-corrected chi connectivity index (χ4v) is 4.93. The van der Waals surface area contributed by atoms with E-state index < -0.39 is 52.2 Å². The first kappa shape index (κ1) is 21.1. The zero-order valence-electron chi connectivity index (χ0n) is 17.1. The van der Waals surface area contributed by atoms with Gasteiger partial charge >= 0.3 is 6.18 Å². The summed E-state index contributed by atoms with van der Waals surface area (Å²) in [4.78, 5) is 41.2. The number of hydrogen-bond acceptors (Lipinski definition) is 5. The number of carbonyl (C=O) groups excluding carboxylic acids is 3. The molecule has 0 aliphatic carbocycles. The molecule has 31 heavy (non-hydrogen) atoms. The van der Waals surface area contributed by atoms with Crippen LogP contribution in [0.3, 0.4) is 0 Å². The summed E-state index contributed by atoms with van der Waals surface area (Å²) in [6.07, 6.45) is -3.30. The Morgan fingerprint density at radius 3 is 2.35 bits per heavy atom. The van der Waals surface area contributed by atoms with Gasteiger partial charge in [0, 0.05) is 19.7 Å². The number of hydrogen-bond donors (Lipinski definition) is 0. The number of carbonyl (C=O) groups is 3. The number of fused-ring (bicyclic) bond motifs is 5. The van der Waals surface area contributed by atoms with Gasteiger partial charge in [0.15, 0.2) is 0 Å². The fraction of sp³-hybridized carbons (Fsp3) is 0.429. The number of imide groups is 1. The molecule has 3 heterocycles. The lowest BCUT2D eigenvalue weighted by Gasteiger charge is -2.30. The topological polar surface area (TPSA) is 90.7 Å². The van der Waals surface area contributed by atoms with Crippen molar-refractivity contribution in [1.82, 2.24) is 4.90 Å². The highest BCUT2D eigenvalue weighted by atomic mass is 19.4. The normalized spacial score (nSPS) is 31.5. The molecule has 2 unspecified atom stereocenters. The van der Waals surface area contributed by atoms with E-state index in [9.17, 15) is 27.6 Å². The lowest BCUT2D eigenvalue weighted by atomic mass is 9.69. The van der Waals surface area contributed by atoms with Gasteiger partial charge in [0.1, 0.15) is 5.60 Å². The lowest BCUT2D eigenvalue weighted by Crippen LogP contribution is -2.45. The number of nitriles is 1. The smallest absolute Gasteiger partial charge is 0.358 e. The Hall–Kier alpha value is -3.19. The molecular weight excluding hydrogens is 415 g/mol. The minimum absolute atomic E-state index is 0.236. The predicted octanol–water partition coefficient (Wildman–Crippen LogP) is 2.26. The summed E-state index contributed by atoms with van der Waals surface area (Å²) >= 11 is 0. The number of amides is 3. The van der Waals surface area contributed by atoms with E-state index >= 15 is 0 Å². The quantitative estimate of drug-likeness (QED) is 0.668. The Morgan fingerprint density at radius 1 is 1.19 bits per heavy atom. The van der Waals surface area contributed by atoms with Gasteiger partial charge in [-0.2, -0.15) is 18.4 Å². The summed E-state index contributed by atoms with van der Waals surface area (Å²) < 4.78 is 46.2. The van der Waals surface area contributed by atoms with Crippen LogP contribution in [0, 0.1) is 23.2 Å². The Bertz CT molecular complexity index is 1120. The molecule has 3 amide bonds. The maximum atomic E-state index is 13.4. The van der Waals surface area contributed by atoms with Crippen LogP contribution in [-0.4, -0.2) is 47.9 Å². The van der Waals surface area contributed by atoms with Gasteiger partial charge in [-0.05, 0) is 38.1 Å². The third kappa shape index (κ3) is 2.66. The number of anilines is 1. The number of alkyl halides is 3. The minimum Gasteiger partial charge on any atom is -0.358 e. The molecule has 10 heteroatoms. The number of ether oxygens (including phenoxy) is 1. The molecule has 0 N–H and O–H groups in total. The van der Waals surface area contributed by atoms with Gasteiger partial charge in [0.25, 0.3) is 5.91 Å². The molecule has 0 spiro atoms. The highest BCUT2D eigenvalue weighted by Gasteiger charge is 2.74. The van der Waals surface area contributed by atoms with Crippen LogP contribution >= 0.6 is 0 Å². The van der Waals surface area contributed by atoms with Crippen molar-refractivity contribution in [2.45, 2.75) is 31.2 Å². The highest BCUT2D eigenvalue weighted by molar-refractivity contribution is 6.24. The molecule has 3 aliphatic rings.